The normalized spacial score (nSPS) is 20.4. The van der Waals surface area contributed by atoms with Gasteiger partial charge in [-0.3, -0.25) is 4.79 Å². The van der Waals surface area contributed by atoms with Crippen LogP contribution in [0.4, 0.5) is 5.69 Å². The summed E-state index contributed by atoms with van der Waals surface area (Å²) in [7, 11) is -3.74. The quantitative estimate of drug-likeness (QED) is 0.802. The van der Waals surface area contributed by atoms with Gasteiger partial charge >= 0.3 is 0 Å². The molecule has 92 valence electrons. The van der Waals surface area contributed by atoms with Gasteiger partial charge < -0.3 is 5.32 Å². The second-order valence-electron chi connectivity index (χ2n) is 3.88. The molecule has 5 nitrogen and oxygen atoms in total. The number of amides is 1. The predicted molar refractivity (Wildman–Crippen MR) is 66.4 cm³/mol. The Bertz CT molecular complexity index is 569. The van der Waals surface area contributed by atoms with Crippen LogP contribution in [-0.4, -0.2) is 19.6 Å². The number of hydrogen-bond acceptors (Lipinski definition) is 4. The number of anilines is 1. The van der Waals surface area contributed by atoms with Crippen molar-refractivity contribution in [3.05, 3.63) is 18.2 Å². The average Bonchev–Trinajstić information content (AvgIpc) is 2.31. The zero-order valence-corrected chi connectivity index (χ0v) is 10.8. The first-order valence-corrected chi connectivity index (χ1v) is 7.42. The van der Waals surface area contributed by atoms with Crippen molar-refractivity contribution in [2.75, 3.05) is 5.32 Å². The fourth-order valence-corrected chi connectivity index (χ4v) is 3.20. The number of carbonyl (C=O) groups excluding carboxylic acids is 1. The standard InChI is InChI=1S/C10H12N2O3S2/c1-6-4-10(13)12-8-5-7(17(11,14)15)2-3-9(8)16-6/h2-3,5-6H,4H2,1H3,(H,12,13)(H2,11,14,15). The van der Waals surface area contributed by atoms with Crippen LogP contribution >= 0.6 is 11.8 Å². The van der Waals surface area contributed by atoms with E-state index in [1.165, 1.54) is 23.9 Å². The molecule has 0 fully saturated rings. The first-order valence-electron chi connectivity index (χ1n) is 4.99. The highest BCUT2D eigenvalue weighted by Crippen LogP contribution is 2.35. The molecular formula is C10H12N2O3S2. The molecule has 1 aliphatic rings. The lowest BCUT2D eigenvalue weighted by molar-refractivity contribution is -0.116. The molecule has 7 heteroatoms. The highest BCUT2D eigenvalue weighted by atomic mass is 32.2. The molecule has 0 radical (unpaired) electrons. The molecule has 2 rings (SSSR count). The maximum atomic E-state index is 11.5. The van der Waals surface area contributed by atoms with Crippen LogP contribution in [0.1, 0.15) is 13.3 Å². The SMILES string of the molecule is CC1CC(=O)Nc2cc(S(N)(=O)=O)ccc2S1. The van der Waals surface area contributed by atoms with Crippen LogP contribution in [0.2, 0.25) is 0 Å². The molecule has 0 spiro atoms. The Hall–Kier alpha value is -1.05. The minimum atomic E-state index is -3.74. The first-order chi connectivity index (χ1) is 7.86. The molecule has 1 aliphatic heterocycles. The van der Waals surface area contributed by atoms with Crippen LogP contribution in [-0.2, 0) is 14.8 Å². The van der Waals surface area contributed by atoms with Gasteiger partial charge in [-0.05, 0) is 18.2 Å². The first kappa shape index (κ1) is 12.4. The van der Waals surface area contributed by atoms with Gasteiger partial charge in [-0.1, -0.05) is 6.92 Å². The molecule has 3 N–H and O–H groups in total. The van der Waals surface area contributed by atoms with Crippen molar-refractivity contribution in [1.29, 1.82) is 0 Å². The van der Waals surface area contributed by atoms with E-state index in [4.69, 9.17) is 5.14 Å². The maximum absolute atomic E-state index is 11.5. The smallest absolute Gasteiger partial charge is 0.238 e. The third-order valence-corrected chi connectivity index (χ3v) is 4.44. The number of benzene rings is 1. The summed E-state index contributed by atoms with van der Waals surface area (Å²) in [5.41, 5.74) is 0.510. The lowest BCUT2D eigenvalue weighted by Crippen LogP contribution is -2.15. The van der Waals surface area contributed by atoms with Gasteiger partial charge in [0.25, 0.3) is 0 Å². The van der Waals surface area contributed by atoms with Gasteiger partial charge in [0.2, 0.25) is 15.9 Å². The molecule has 0 saturated carbocycles. The fraction of sp³-hybridized carbons (Fsp3) is 0.300. The van der Waals surface area contributed by atoms with Gasteiger partial charge in [-0.15, -0.1) is 11.8 Å². The lowest BCUT2D eigenvalue weighted by atomic mass is 10.3. The summed E-state index contributed by atoms with van der Waals surface area (Å²) in [5.74, 6) is -0.115. The minimum Gasteiger partial charge on any atom is -0.325 e. The number of carbonyl (C=O) groups is 1. The number of sulfonamides is 1. The molecule has 0 aromatic heterocycles. The van der Waals surface area contributed by atoms with Gasteiger partial charge in [0.05, 0.1) is 10.6 Å². The molecule has 1 amide bonds. The molecule has 0 saturated heterocycles. The Morgan fingerprint density at radius 3 is 2.82 bits per heavy atom. The zero-order valence-electron chi connectivity index (χ0n) is 9.14. The molecule has 17 heavy (non-hydrogen) atoms. The fourth-order valence-electron chi connectivity index (χ4n) is 1.61. The minimum absolute atomic E-state index is 0.00621. The van der Waals surface area contributed by atoms with E-state index >= 15 is 0 Å². The van der Waals surface area contributed by atoms with Crippen LogP contribution in [0.5, 0.6) is 0 Å². The van der Waals surface area contributed by atoms with Crippen LogP contribution in [0.3, 0.4) is 0 Å². The number of hydrogen-bond donors (Lipinski definition) is 2. The van der Waals surface area contributed by atoms with Crippen molar-refractivity contribution < 1.29 is 13.2 Å². The lowest BCUT2D eigenvalue weighted by Gasteiger charge is -2.08. The second-order valence-corrected chi connectivity index (χ2v) is 6.93. The van der Waals surface area contributed by atoms with Crippen LogP contribution < -0.4 is 10.5 Å². The van der Waals surface area contributed by atoms with E-state index < -0.39 is 10.0 Å². The average molecular weight is 272 g/mol. The summed E-state index contributed by atoms with van der Waals surface area (Å²) in [4.78, 5) is 12.4. The van der Waals surface area contributed by atoms with Crippen LogP contribution in [0.15, 0.2) is 28.0 Å². The number of nitrogens with two attached hydrogens (primary N) is 1. The highest BCUT2D eigenvalue weighted by Gasteiger charge is 2.20. The molecule has 0 bridgehead atoms. The Kier molecular flexibility index (Phi) is 3.15. The maximum Gasteiger partial charge on any atom is 0.238 e. The van der Waals surface area contributed by atoms with Crippen molar-refractivity contribution in [2.45, 2.75) is 28.4 Å². The van der Waals surface area contributed by atoms with Crippen molar-refractivity contribution >= 4 is 33.4 Å². The zero-order chi connectivity index (χ0) is 12.6. The van der Waals surface area contributed by atoms with E-state index in [9.17, 15) is 13.2 Å². The summed E-state index contributed by atoms with van der Waals surface area (Å²) < 4.78 is 22.4. The molecule has 1 heterocycles. The van der Waals surface area contributed by atoms with E-state index in [2.05, 4.69) is 5.32 Å². The largest absolute Gasteiger partial charge is 0.325 e. The van der Waals surface area contributed by atoms with Gasteiger partial charge in [-0.25, -0.2) is 13.6 Å². The number of primary sulfonamides is 1. The summed E-state index contributed by atoms with van der Waals surface area (Å²) in [6, 6.07) is 4.51. The predicted octanol–water partition coefficient (Wildman–Crippen LogP) is 1.16. The molecule has 1 unspecified atom stereocenters. The van der Waals surface area contributed by atoms with Crippen molar-refractivity contribution in [2.24, 2.45) is 5.14 Å². The molecule has 0 aliphatic carbocycles. The highest BCUT2D eigenvalue weighted by molar-refractivity contribution is 8.00. The summed E-state index contributed by atoms with van der Waals surface area (Å²) in [6.45, 7) is 1.95. The molecule has 1 aromatic carbocycles. The van der Waals surface area contributed by atoms with Gasteiger partial charge in [0, 0.05) is 16.6 Å². The molecule has 1 aromatic rings. The van der Waals surface area contributed by atoms with E-state index in [1.807, 2.05) is 6.92 Å². The van der Waals surface area contributed by atoms with Crippen molar-refractivity contribution in [1.82, 2.24) is 0 Å². The van der Waals surface area contributed by atoms with Gasteiger partial charge in [0.1, 0.15) is 0 Å². The second kappa shape index (κ2) is 4.32. The van der Waals surface area contributed by atoms with E-state index in [1.54, 1.807) is 6.07 Å². The number of thioether (sulfide) groups is 1. The Morgan fingerprint density at radius 1 is 1.47 bits per heavy atom. The molecule has 1 atom stereocenters. The topological polar surface area (TPSA) is 89.3 Å². The summed E-state index contributed by atoms with van der Waals surface area (Å²) in [6.07, 6.45) is 0.407. The number of fused-ring (bicyclic) bond motifs is 1. The van der Waals surface area contributed by atoms with Gasteiger partial charge in [-0.2, -0.15) is 0 Å². The Balaban J connectivity index is 2.49. The number of nitrogens with one attached hydrogen (secondary N) is 1. The van der Waals surface area contributed by atoms with Crippen molar-refractivity contribution in [3.8, 4) is 0 Å². The Labute approximate surface area is 104 Å². The van der Waals surface area contributed by atoms with Crippen LogP contribution in [0, 0.1) is 0 Å². The van der Waals surface area contributed by atoms with E-state index in [-0.39, 0.29) is 16.1 Å². The van der Waals surface area contributed by atoms with Crippen molar-refractivity contribution in [3.63, 3.8) is 0 Å². The Morgan fingerprint density at radius 2 is 2.18 bits per heavy atom. The monoisotopic (exact) mass is 272 g/mol. The third kappa shape index (κ3) is 2.80. The van der Waals surface area contributed by atoms with Gasteiger partial charge in [0.15, 0.2) is 0 Å². The molecular weight excluding hydrogens is 260 g/mol. The number of rotatable bonds is 1. The third-order valence-electron chi connectivity index (χ3n) is 2.35. The van der Waals surface area contributed by atoms with E-state index in [0.717, 1.165) is 4.90 Å². The van der Waals surface area contributed by atoms with E-state index in [0.29, 0.717) is 12.1 Å². The summed E-state index contributed by atoms with van der Waals surface area (Å²) >= 11 is 1.54. The summed E-state index contributed by atoms with van der Waals surface area (Å²) in [5, 5.41) is 7.89. The van der Waals surface area contributed by atoms with Crippen LogP contribution in [0.25, 0.3) is 0 Å².